The molecule has 1 heterocycles. The summed E-state index contributed by atoms with van der Waals surface area (Å²) in [6.45, 7) is 2.07. The van der Waals surface area contributed by atoms with Crippen LogP contribution in [0.25, 0.3) is 11.1 Å². The van der Waals surface area contributed by atoms with Crippen molar-refractivity contribution in [3.8, 4) is 11.1 Å². The van der Waals surface area contributed by atoms with Gasteiger partial charge in [0.25, 0.3) is 0 Å². The van der Waals surface area contributed by atoms with Gasteiger partial charge in [0.1, 0.15) is 0 Å². The van der Waals surface area contributed by atoms with Crippen LogP contribution in [0.4, 0.5) is 5.69 Å². The molecule has 14 heavy (non-hydrogen) atoms. The summed E-state index contributed by atoms with van der Waals surface area (Å²) in [4.78, 5) is 0. The number of nitrogens with two attached hydrogens (primary N) is 1. The fraction of sp³-hybridized carbons (Fsp3) is 0.182. The van der Waals surface area contributed by atoms with Gasteiger partial charge in [-0.25, -0.2) is 0 Å². The zero-order valence-electron chi connectivity index (χ0n) is 8.36. The van der Waals surface area contributed by atoms with Gasteiger partial charge in [-0.3, -0.25) is 4.68 Å². The number of aromatic nitrogens is 2. The van der Waals surface area contributed by atoms with E-state index in [-0.39, 0.29) is 0 Å². The molecule has 0 spiro atoms. The van der Waals surface area contributed by atoms with E-state index in [2.05, 4.69) is 12.0 Å². The Labute approximate surface area is 83.2 Å². The highest BCUT2D eigenvalue weighted by molar-refractivity contribution is 5.69. The van der Waals surface area contributed by atoms with Gasteiger partial charge in [-0.1, -0.05) is 6.07 Å². The van der Waals surface area contributed by atoms with Gasteiger partial charge in [-0.05, 0) is 30.2 Å². The van der Waals surface area contributed by atoms with Crippen molar-refractivity contribution in [3.05, 3.63) is 36.2 Å². The normalized spacial score (nSPS) is 10.4. The standard InChI is InChI=1S/C11H13N3/c1-8-3-4-10(12)5-11(8)9-6-13-14(2)7-9/h3-7H,12H2,1-2H3. The van der Waals surface area contributed by atoms with Gasteiger partial charge in [0.05, 0.1) is 6.20 Å². The van der Waals surface area contributed by atoms with E-state index < -0.39 is 0 Å². The first-order valence-corrected chi connectivity index (χ1v) is 4.52. The summed E-state index contributed by atoms with van der Waals surface area (Å²) in [7, 11) is 1.91. The molecule has 0 aliphatic carbocycles. The van der Waals surface area contributed by atoms with Crippen LogP contribution in [-0.4, -0.2) is 9.78 Å². The highest BCUT2D eigenvalue weighted by Gasteiger charge is 2.03. The first-order chi connectivity index (χ1) is 6.66. The van der Waals surface area contributed by atoms with E-state index in [0.29, 0.717) is 0 Å². The van der Waals surface area contributed by atoms with Gasteiger partial charge in [0.2, 0.25) is 0 Å². The molecule has 1 aromatic heterocycles. The van der Waals surface area contributed by atoms with Crippen molar-refractivity contribution >= 4 is 5.69 Å². The van der Waals surface area contributed by atoms with E-state index in [9.17, 15) is 0 Å². The Morgan fingerprint density at radius 1 is 1.36 bits per heavy atom. The number of aryl methyl sites for hydroxylation is 2. The fourth-order valence-electron chi connectivity index (χ4n) is 1.51. The van der Waals surface area contributed by atoms with Crippen molar-refractivity contribution in [2.45, 2.75) is 6.92 Å². The third kappa shape index (κ3) is 1.48. The maximum Gasteiger partial charge on any atom is 0.0568 e. The number of nitrogen functional groups attached to an aromatic ring is 1. The molecule has 0 saturated carbocycles. The number of rotatable bonds is 1. The highest BCUT2D eigenvalue weighted by Crippen LogP contribution is 2.24. The molecule has 1 aromatic carbocycles. The van der Waals surface area contributed by atoms with Crippen LogP contribution in [0.2, 0.25) is 0 Å². The quantitative estimate of drug-likeness (QED) is 0.694. The van der Waals surface area contributed by atoms with Crippen LogP contribution in [-0.2, 0) is 7.05 Å². The van der Waals surface area contributed by atoms with E-state index in [4.69, 9.17) is 5.73 Å². The topological polar surface area (TPSA) is 43.8 Å². The third-order valence-electron chi connectivity index (χ3n) is 2.28. The summed E-state index contributed by atoms with van der Waals surface area (Å²) in [5.74, 6) is 0. The molecule has 3 nitrogen and oxygen atoms in total. The van der Waals surface area contributed by atoms with Gasteiger partial charge in [0.15, 0.2) is 0 Å². The summed E-state index contributed by atoms with van der Waals surface area (Å²) in [5.41, 5.74) is 10.0. The number of benzene rings is 1. The van der Waals surface area contributed by atoms with Crippen LogP contribution in [0.15, 0.2) is 30.6 Å². The lowest BCUT2D eigenvalue weighted by molar-refractivity contribution is 0.768. The molecule has 0 amide bonds. The van der Waals surface area contributed by atoms with Crippen LogP contribution >= 0.6 is 0 Å². The summed E-state index contributed by atoms with van der Waals surface area (Å²) in [6, 6.07) is 5.92. The Kier molecular flexibility index (Phi) is 2.00. The zero-order chi connectivity index (χ0) is 10.1. The Balaban J connectivity index is 2.55. The summed E-state index contributed by atoms with van der Waals surface area (Å²) in [6.07, 6.45) is 3.84. The van der Waals surface area contributed by atoms with E-state index in [0.717, 1.165) is 16.8 Å². The molecular weight excluding hydrogens is 174 g/mol. The van der Waals surface area contributed by atoms with Gasteiger partial charge in [0, 0.05) is 24.5 Å². The average Bonchev–Trinajstić information content (AvgIpc) is 2.56. The van der Waals surface area contributed by atoms with Crippen molar-refractivity contribution in [1.82, 2.24) is 9.78 Å². The summed E-state index contributed by atoms with van der Waals surface area (Å²) in [5, 5.41) is 4.14. The largest absolute Gasteiger partial charge is 0.399 e. The lowest BCUT2D eigenvalue weighted by Gasteiger charge is -2.03. The maximum absolute atomic E-state index is 5.74. The molecule has 0 aliphatic rings. The Morgan fingerprint density at radius 2 is 2.14 bits per heavy atom. The molecule has 3 heteroatoms. The van der Waals surface area contributed by atoms with Crippen LogP contribution in [0.1, 0.15) is 5.56 Å². The molecule has 0 atom stereocenters. The van der Waals surface area contributed by atoms with Crippen LogP contribution < -0.4 is 5.73 Å². The van der Waals surface area contributed by atoms with E-state index in [1.807, 2.05) is 37.6 Å². The maximum atomic E-state index is 5.74. The van der Waals surface area contributed by atoms with Crippen molar-refractivity contribution in [1.29, 1.82) is 0 Å². The van der Waals surface area contributed by atoms with E-state index >= 15 is 0 Å². The summed E-state index contributed by atoms with van der Waals surface area (Å²) >= 11 is 0. The van der Waals surface area contributed by atoms with Crippen LogP contribution in [0.3, 0.4) is 0 Å². The first kappa shape index (κ1) is 8.81. The van der Waals surface area contributed by atoms with Crippen molar-refractivity contribution in [3.63, 3.8) is 0 Å². The molecule has 0 radical (unpaired) electrons. The minimum absolute atomic E-state index is 0.787. The van der Waals surface area contributed by atoms with Crippen molar-refractivity contribution in [2.24, 2.45) is 7.05 Å². The predicted molar refractivity (Wildman–Crippen MR) is 57.8 cm³/mol. The molecule has 2 aromatic rings. The first-order valence-electron chi connectivity index (χ1n) is 4.52. The molecule has 72 valence electrons. The number of hydrogen-bond acceptors (Lipinski definition) is 2. The van der Waals surface area contributed by atoms with Crippen molar-refractivity contribution < 1.29 is 0 Å². The molecule has 0 aliphatic heterocycles. The van der Waals surface area contributed by atoms with E-state index in [1.165, 1.54) is 5.56 Å². The fourth-order valence-corrected chi connectivity index (χ4v) is 1.51. The van der Waals surface area contributed by atoms with E-state index in [1.54, 1.807) is 4.68 Å². The highest BCUT2D eigenvalue weighted by atomic mass is 15.2. The molecular formula is C11H13N3. The monoisotopic (exact) mass is 187 g/mol. The second kappa shape index (κ2) is 3.18. The zero-order valence-corrected chi connectivity index (χ0v) is 8.36. The number of hydrogen-bond donors (Lipinski definition) is 1. The SMILES string of the molecule is Cc1ccc(N)cc1-c1cnn(C)c1. The van der Waals surface area contributed by atoms with Gasteiger partial charge in [-0.2, -0.15) is 5.10 Å². The Hall–Kier alpha value is -1.77. The van der Waals surface area contributed by atoms with Crippen molar-refractivity contribution in [2.75, 3.05) is 5.73 Å². The molecule has 0 unspecified atom stereocenters. The van der Waals surface area contributed by atoms with Gasteiger partial charge >= 0.3 is 0 Å². The molecule has 0 bridgehead atoms. The molecule has 2 rings (SSSR count). The lowest BCUT2D eigenvalue weighted by atomic mass is 10.0. The summed E-state index contributed by atoms with van der Waals surface area (Å²) < 4.78 is 1.79. The minimum atomic E-state index is 0.787. The Morgan fingerprint density at radius 3 is 2.79 bits per heavy atom. The van der Waals surface area contributed by atoms with Gasteiger partial charge < -0.3 is 5.73 Å². The van der Waals surface area contributed by atoms with Gasteiger partial charge in [-0.15, -0.1) is 0 Å². The number of anilines is 1. The smallest absolute Gasteiger partial charge is 0.0568 e. The lowest BCUT2D eigenvalue weighted by Crippen LogP contribution is -1.88. The van der Waals surface area contributed by atoms with Crippen LogP contribution in [0.5, 0.6) is 0 Å². The molecule has 2 N–H and O–H groups in total. The van der Waals surface area contributed by atoms with Crippen LogP contribution in [0, 0.1) is 6.92 Å². The minimum Gasteiger partial charge on any atom is -0.399 e. The average molecular weight is 187 g/mol. The Bertz CT molecular complexity index is 457. The molecule has 0 saturated heterocycles. The predicted octanol–water partition coefficient (Wildman–Crippen LogP) is 1.98. The third-order valence-corrected chi connectivity index (χ3v) is 2.28. The molecule has 0 fully saturated rings. The second-order valence-corrected chi connectivity index (χ2v) is 3.48. The number of nitrogens with zero attached hydrogens (tertiary/aromatic N) is 2. The second-order valence-electron chi connectivity index (χ2n) is 3.48.